The number of amides is 2. The topological polar surface area (TPSA) is 58.6 Å². The molecule has 0 bridgehead atoms. The smallest absolute Gasteiger partial charge is 0.261 e. The van der Waals surface area contributed by atoms with Crippen molar-refractivity contribution in [1.82, 2.24) is 10.2 Å². The molecule has 5 nitrogen and oxygen atoms in total. The van der Waals surface area contributed by atoms with E-state index in [-0.39, 0.29) is 36.8 Å². The van der Waals surface area contributed by atoms with Gasteiger partial charge in [0.25, 0.3) is 5.91 Å². The van der Waals surface area contributed by atoms with Crippen molar-refractivity contribution in [2.24, 2.45) is 0 Å². The number of carbonyl (C=O) groups excluding carboxylic acids is 2. The van der Waals surface area contributed by atoms with Crippen LogP contribution >= 0.6 is 15.9 Å². The second-order valence-electron chi connectivity index (χ2n) is 7.56. The SMILES string of the molecule is CC(C(=O)NC1CCCC1)N(Cc1ccc(F)cc1)C(=O)COc1ccc(Br)cc1. The summed E-state index contributed by atoms with van der Waals surface area (Å²) in [5, 5.41) is 3.05. The van der Waals surface area contributed by atoms with Crippen LogP contribution in [-0.2, 0) is 16.1 Å². The fourth-order valence-corrected chi connectivity index (χ4v) is 3.78. The van der Waals surface area contributed by atoms with Crippen molar-refractivity contribution in [3.05, 3.63) is 64.4 Å². The Labute approximate surface area is 184 Å². The van der Waals surface area contributed by atoms with Gasteiger partial charge in [0.15, 0.2) is 6.61 Å². The van der Waals surface area contributed by atoms with Crippen LogP contribution in [0.4, 0.5) is 4.39 Å². The van der Waals surface area contributed by atoms with Gasteiger partial charge in [-0.15, -0.1) is 0 Å². The lowest BCUT2D eigenvalue weighted by Gasteiger charge is -2.29. The molecular formula is C23H26BrFN2O3. The second kappa shape index (κ2) is 10.6. The molecule has 160 valence electrons. The van der Waals surface area contributed by atoms with Crippen LogP contribution in [0.3, 0.4) is 0 Å². The minimum absolute atomic E-state index is 0.168. The van der Waals surface area contributed by atoms with Crippen molar-refractivity contribution in [3.8, 4) is 5.75 Å². The summed E-state index contributed by atoms with van der Waals surface area (Å²) in [5.41, 5.74) is 0.744. The largest absolute Gasteiger partial charge is 0.484 e. The normalized spacial score (nSPS) is 14.9. The number of nitrogens with zero attached hydrogens (tertiary/aromatic N) is 1. The fourth-order valence-electron chi connectivity index (χ4n) is 3.52. The van der Waals surface area contributed by atoms with Crippen LogP contribution < -0.4 is 10.1 Å². The van der Waals surface area contributed by atoms with Crippen molar-refractivity contribution in [1.29, 1.82) is 0 Å². The van der Waals surface area contributed by atoms with E-state index >= 15 is 0 Å². The highest BCUT2D eigenvalue weighted by atomic mass is 79.9. The van der Waals surface area contributed by atoms with Gasteiger partial charge in [-0.2, -0.15) is 0 Å². The van der Waals surface area contributed by atoms with Gasteiger partial charge in [-0.25, -0.2) is 4.39 Å². The summed E-state index contributed by atoms with van der Waals surface area (Å²) < 4.78 is 19.8. The molecule has 1 aliphatic carbocycles. The summed E-state index contributed by atoms with van der Waals surface area (Å²) in [4.78, 5) is 27.2. The lowest BCUT2D eigenvalue weighted by molar-refractivity contribution is -0.142. The highest BCUT2D eigenvalue weighted by Crippen LogP contribution is 2.19. The quantitative estimate of drug-likeness (QED) is 0.612. The maximum atomic E-state index is 13.3. The molecule has 0 heterocycles. The Morgan fingerprint density at radius 1 is 1.13 bits per heavy atom. The molecule has 1 unspecified atom stereocenters. The van der Waals surface area contributed by atoms with E-state index in [4.69, 9.17) is 4.74 Å². The molecule has 2 aromatic carbocycles. The average molecular weight is 477 g/mol. The first-order valence-corrected chi connectivity index (χ1v) is 10.9. The zero-order valence-electron chi connectivity index (χ0n) is 16.9. The number of hydrogen-bond donors (Lipinski definition) is 1. The third-order valence-corrected chi connectivity index (χ3v) is 5.84. The van der Waals surface area contributed by atoms with Gasteiger partial charge >= 0.3 is 0 Å². The van der Waals surface area contributed by atoms with Crippen LogP contribution in [0.15, 0.2) is 53.0 Å². The monoisotopic (exact) mass is 476 g/mol. The molecule has 0 saturated heterocycles. The van der Waals surface area contributed by atoms with E-state index in [1.54, 1.807) is 31.2 Å². The molecule has 0 radical (unpaired) electrons. The molecule has 1 atom stereocenters. The van der Waals surface area contributed by atoms with Crippen LogP contribution in [0, 0.1) is 5.82 Å². The number of hydrogen-bond acceptors (Lipinski definition) is 3. The van der Waals surface area contributed by atoms with Gasteiger partial charge in [-0.3, -0.25) is 9.59 Å². The molecule has 1 N–H and O–H groups in total. The highest BCUT2D eigenvalue weighted by molar-refractivity contribution is 9.10. The molecule has 3 rings (SSSR count). The summed E-state index contributed by atoms with van der Waals surface area (Å²) in [7, 11) is 0. The Hall–Kier alpha value is -2.41. The van der Waals surface area contributed by atoms with Crippen molar-refractivity contribution >= 4 is 27.7 Å². The lowest BCUT2D eigenvalue weighted by atomic mass is 10.1. The van der Waals surface area contributed by atoms with E-state index < -0.39 is 6.04 Å². The Kier molecular flexibility index (Phi) is 7.85. The molecule has 1 saturated carbocycles. The first-order valence-electron chi connectivity index (χ1n) is 10.1. The van der Waals surface area contributed by atoms with Crippen molar-refractivity contribution in [3.63, 3.8) is 0 Å². The third-order valence-electron chi connectivity index (χ3n) is 5.31. The van der Waals surface area contributed by atoms with Gasteiger partial charge in [0, 0.05) is 17.1 Å². The van der Waals surface area contributed by atoms with Crippen molar-refractivity contribution in [2.45, 2.75) is 51.2 Å². The van der Waals surface area contributed by atoms with Crippen LogP contribution in [0.5, 0.6) is 5.75 Å². The maximum absolute atomic E-state index is 13.3. The first kappa shape index (κ1) is 22.3. The number of halogens is 2. The minimum Gasteiger partial charge on any atom is -0.484 e. The zero-order chi connectivity index (χ0) is 21.5. The molecule has 2 amide bonds. The van der Waals surface area contributed by atoms with Gasteiger partial charge in [0.2, 0.25) is 5.91 Å². The Morgan fingerprint density at radius 3 is 2.40 bits per heavy atom. The van der Waals surface area contributed by atoms with E-state index in [0.717, 1.165) is 35.7 Å². The van der Waals surface area contributed by atoms with E-state index in [2.05, 4.69) is 21.2 Å². The van der Waals surface area contributed by atoms with Crippen LogP contribution in [0.1, 0.15) is 38.2 Å². The van der Waals surface area contributed by atoms with Gasteiger partial charge in [0.1, 0.15) is 17.6 Å². The fraction of sp³-hybridized carbons (Fsp3) is 0.391. The average Bonchev–Trinajstić information content (AvgIpc) is 3.25. The van der Waals surface area contributed by atoms with Crippen LogP contribution in [-0.4, -0.2) is 35.4 Å². The lowest BCUT2D eigenvalue weighted by Crippen LogP contribution is -2.50. The summed E-state index contributed by atoms with van der Waals surface area (Å²) in [6, 6.07) is 12.6. The van der Waals surface area contributed by atoms with E-state index in [0.29, 0.717) is 5.75 Å². The summed E-state index contributed by atoms with van der Waals surface area (Å²) >= 11 is 3.36. The highest BCUT2D eigenvalue weighted by Gasteiger charge is 2.28. The Balaban J connectivity index is 1.69. The molecule has 0 aromatic heterocycles. The molecule has 1 fully saturated rings. The predicted molar refractivity (Wildman–Crippen MR) is 116 cm³/mol. The van der Waals surface area contributed by atoms with E-state index in [1.807, 2.05) is 12.1 Å². The molecule has 7 heteroatoms. The van der Waals surface area contributed by atoms with Gasteiger partial charge in [-0.1, -0.05) is 40.9 Å². The molecule has 30 heavy (non-hydrogen) atoms. The van der Waals surface area contributed by atoms with Crippen molar-refractivity contribution in [2.75, 3.05) is 6.61 Å². The molecule has 2 aromatic rings. The number of benzene rings is 2. The minimum atomic E-state index is -0.670. The number of nitrogens with one attached hydrogen (secondary N) is 1. The van der Waals surface area contributed by atoms with E-state index in [1.165, 1.54) is 17.0 Å². The molecule has 0 spiro atoms. The third kappa shape index (κ3) is 6.29. The summed E-state index contributed by atoms with van der Waals surface area (Å²) in [6.45, 7) is 1.72. The zero-order valence-corrected chi connectivity index (χ0v) is 18.5. The summed E-state index contributed by atoms with van der Waals surface area (Å²) in [6.07, 6.45) is 4.16. The van der Waals surface area contributed by atoms with Gasteiger partial charge in [0.05, 0.1) is 0 Å². The number of rotatable bonds is 8. The number of ether oxygens (including phenoxy) is 1. The maximum Gasteiger partial charge on any atom is 0.261 e. The number of carbonyl (C=O) groups is 2. The second-order valence-corrected chi connectivity index (χ2v) is 8.47. The van der Waals surface area contributed by atoms with Gasteiger partial charge in [-0.05, 0) is 61.7 Å². The molecule has 1 aliphatic rings. The molecule has 0 aliphatic heterocycles. The standard InChI is InChI=1S/C23H26BrFN2O3/c1-16(23(29)26-20-4-2-3-5-20)27(14-17-6-10-19(25)11-7-17)22(28)15-30-21-12-8-18(24)9-13-21/h6-13,16,20H,2-5,14-15H2,1H3,(H,26,29). The Morgan fingerprint density at radius 2 is 1.77 bits per heavy atom. The first-order chi connectivity index (χ1) is 14.4. The van der Waals surface area contributed by atoms with Crippen LogP contribution in [0.2, 0.25) is 0 Å². The van der Waals surface area contributed by atoms with E-state index in [9.17, 15) is 14.0 Å². The van der Waals surface area contributed by atoms with Crippen molar-refractivity contribution < 1.29 is 18.7 Å². The van der Waals surface area contributed by atoms with Gasteiger partial charge < -0.3 is 15.0 Å². The Bertz CT molecular complexity index is 852. The summed E-state index contributed by atoms with van der Waals surface area (Å²) in [5.74, 6) is -0.268. The van der Waals surface area contributed by atoms with Crippen LogP contribution in [0.25, 0.3) is 0 Å². The predicted octanol–water partition coefficient (Wildman–Crippen LogP) is 4.44. The molecular weight excluding hydrogens is 451 g/mol.